The molecule has 1 aromatic carbocycles. The first-order chi connectivity index (χ1) is 9.88. The van der Waals surface area contributed by atoms with E-state index in [0.717, 1.165) is 31.5 Å². The summed E-state index contributed by atoms with van der Waals surface area (Å²) in [7, 11) is 0. The van der Waals surface area contributed by atoms with Crippen LogP contribution in [-0.4, -0.2) is 9.55 Å². The fourth-order valence-corrected chi connectivity index (χ4v) is 2.99. The third-order valence-corrected chi connectivity index (χ3v) is 3.96. The first kappa shape index (κ1) is 12.9. The van der Waals surface area contributed by atoms with Crippen LogP contribution in [0.25, 0.3) is 0 Å². The molecule has 2 aromatic rings. The summed E-state index contributed by atoms with van der Waals surface area (Å²) in [6.07, 6.45) is 5.84. The molecule has 0 radical (unpaired) electrons. The van der Waals surface area contributed by atoms with Crippen LogP contribution in [0.5, 0.6) is 0 Å². The van der Waals surface area contributed by atoms with Crippen molar-refractivity contribution in [1.29, 1.82) is 5.26 Å². The topological polar surface area (TPSA) is 41.6 Å². The second-order valence-electron chi connectivity index (χ2n) is 5.35. The molecule has 0 saturated heterocycles. The first-order valence-corrected chi connectivity index (χ1v) is 7.36. The number of aryl methyl sites for hydroxylation is 1. The molecule has 1 aromatic heterocycles. The highest BCUT2D eigenvalue weighted by molar-refractivity contribution is 5.25. The Morgan fingerprint density at radius 3 is 2.85 bits per heavy atom. The minimum Gasteiger partial charge on any atom is -0.331 e. The number of aromatic nitrogens is 2. The molecular formula is C17H19N3. The molecule has 0 spiro atoms. The van der Waals surface area contributed by atoms with Gasteiger partial charge in [0.05, 0.1) is 11.8 Å². The van der Waals surface area contributed by atoms with E-state index >= 15 is 0 Å². The predicted molar refractivity (Wildman–Crippen MR) is 78.3 cm³/mol. The molecule has 3 heteroatoms. The Morgan fingerprint density at radius 2 is 2.05 bits per heavy atom. The Balaban J connectivity index is 1.90. The van der Waals surface area contributed by atoms with Crippen molar-refractivity contribution in [2.75, 3.05) is 0 Å². The van der Waals surface area contributed by atoms with E-state index in [1.165, 1.54) is 29.9 Å². The number of nitrogens with zero attached hydrogens (tertiary/aromatic N) is 3. The maximum Gasteiger partial charge on any atom is 0.113 e. The Kier molecular flexibility index (Phi) is 3.83. The summed E-state index contributed by atoms with van der Waals surface area (Å²) >= 11 is 0. The Hall–Kier alpha value is -2.08. The minimum atomic E-state index is 0.564. The van der Waals surface area contributed by atoms with Crippen LogP contribution >= 0.6 is 0 Å². The van der Waals surface area contributed by atoms with Gasteiger partial charge in [-0.25, -0.2) is 4.98 Å². The number of hydrogen-bond acceptors (Lipinski definition) is 2. The van der Waals surface area contributed by atoms with E-state index in [0.29, 0.717) is 6.42 Å². The van der Waals surface area contributed by atoms with Crippen molar-refractivity contribution in [2.45, 2.75) is 45.1 Å². The smallest absolute Gasteiger partial charge is 0.113 e. The summed E-state index contributed by atoms with van der Waals surface area (Å²) in [5.74, 6) is 1.17. The number of fused-ring (bicyclic) bond motifs is 1. The average Bonchev–Trinajstić information content (AvgIpc) is 2.85. The van der Waals surface area contributed by atoms with E-state index in [-0.39, 0.29) is 0 Å². The summed E-state index contributed by atoms with van der Waals surface area (Å²) in [4.78, 5) is 4.84. The molecule has 102 valence electrons. The van der Waals surface area contributed by atoms with Gasteiger partial charge in [0, 0.05) is 31.5 Å². The third kappa shape index (κ3) is 2.60. The zero-order chi connectivity index (χ0) is 13.8. The maximum atomic E-state index is 8.79. The van der Waals surface area contributed by atoms with Gasteiger partial charge < -0.3 is 4.57 Å². The summed E-state index contributed by atoms with van der Waals surface area (Å²) in [6, 6.07) is 12.7. The average molecular weight is 265 g/mol. The van der Waals surface area contributed by atoms with Gasteiger partial charge in [0.25, 0.3) is 0 Å². The standard InChI is InChI=1S/C17H19N3/c18-11-6-9-15-16-10-4-5-12-20(16)17(19-15)13-14-7-2-1-3-8-14/h1-3,7-8H,4-6,9-10,12-13H2. The van der Waals surface area contributed by atoms with Crippen LogP contribution in [0.3, 0.4) is 0 Å². The minimum absolute atomic E-state index is 0.564. The predicted octanol–water partition coefficient (Wildman–Crippen LogP) is 3.27. The van der Waals surface area contributed by atoms with Crippen LogP contribution in [0.2, 0.25) is 0 Å². The molecule has 0 fully saturated rings. The Labute approximate surface area is 119 Å². The summed E-state index contributed by atoms with van der Waals surface area (Å²) < 4.78 is 2.39. The van der Waals surface area contributed by atoms with Crippen molar-refractivity contribution in [3.05, 3.63) is 53.1 Å². The van der Waals surface area contributed by atoms with Crippen molar-refractivity contribution in [2.24, 2.45) is 0 Å². The fourth-order valence-electron chi connectivity index (χ4n) is 2.99. The second kappa shape index (κ2) is 5.92. The monoisotopic (exact) mass is 265 g/mol. The molecule has 0 aliphatic carbocycles. The molecule has 20 heavy (non-hydrogen) atoms. The van der Waals surface area contributed by atoms with Gasteiger partial charge in [0.15, 0.2) is 0 Å². The SMILES string of the molecule is N#CCCc1nc(Cc2ccccc2)n2c1CCCC2. The van der Waals surface area contributed by atoms with Crippen molar-refractivity contribution in [3.63, 3.8) is 0 Å². The highest BCUT2D eigenvalue weighted by Gasteiger charge is 2.19. The molecule has 2 heterocycles. The number of benzene rings is 1. The molecule has 0 unspecified atom stereocenters. The zero-order valence-electron chi connectivity index (χ0n) is 11.7. The third-order valence-electron chi connectivity index (χ3n) is 3.96. The van der Waals surface area contributed by atoms with E-state index in [1.807, 2.05) is 6.07 Å². The lowest BCUT2D eigenvalue weighted by Gasteiger charge is -2.17. The Morgan fingerprint density at radius 1 is 1.20 bits per heavy atom. The highest BCUT2D eigenvalue weighted by Crippen LogP contribution is 2.23. The van der Waals surface area contributed by atoms with E-state index in [4.69, 9.17) is 10.2 Å². The van der Waals surface area contributed by atoms with Crippen LogP contribution in [0.4, 0.5) is 0 Å². The van der Waals surface area contributed by atoms with Gasteiger partial charge in [-0.3, -0.25) is 0 Å². The first-order valence-electron chi connectivity index (χ1n) is 7.36. The van der Waals surface area contributed by atoms with Gasteiger partial charge in [-0.05, 0) is 24.8 Å². The van der Waals surface area contributed by atoms with Gasteiger partial charge >= 0.3 is 0 Å². The number of nitriles is 1. The van der Waals surface area contributed by atoms with E-state index in [1.54, 1.807) is 0 Å². The molecule has 0 N–H and O–H groups in total. The largest absolute Gasteiger partial charge is 0.331 e. The summed E-state index contributed by atoms with van der Waals surface area (Å²) in [5.41, 5.74) is 3.83. The van der Waals surface area contributed by atoms with Gasteiger partial charge in [-0.15, -0.1) is 0 Å². The van der Waals surface area contributed by atoms with Crippen molar-refractivity contribution in [1.82, 2.24) is 9.55 Å². The Bertz CT molecular complexity index is 620. The number of imidazole rings is 1. The highest BCUT2D eigenvalue weighted by atomic mass is 15.1. The van der Waals surface area contributed by atoms with E-state index in [9.17, 15) is 0 Å². The van der Waals surface area contributed by atoms with Crippen molar-refractivity contribution in [3.8, 4) is 6.07 Å². The lowest BCUT2D eigenvalue weighted by molar-refractivity contribution is 0.515. The molecule has 1 aliphatic rings. The van der Waals surface area contributed by atoms with Crippen LogP contribution in [0.15, 0.2) is 30.3 Å². The quantitative estimate of drug-likeness (QED) is 0.851. The lowest BCUT2D eigenvalue weighted by atomic mass is 10.1. The van der Waals surface area contributed by atoms with Crippen LogP contribution in [0.1, 0.15) is 42.0 Å². The number of rotatable bonds is 4. The second-order valence-corrected chi connectivity index (χ2v) is 5.35. The molecule has 3 nitrogen and oxygen atoms in total. The maximum absolute atomic E-state index is 8.79. The van der Waals surface area contributed by atoms with Crippen LogP contribution in [-0.2, 0) is 25.8 Å². The lowest BCUT2D eigenvalue weighted by Crippen LogP contribution is -2.13. The van der Waals surface area contributed by atoms with E-state index < -0.39 is 0 Å². The molecule has 1 aliphatic heterocycles. The molecule has 3 rings (SSSR count). The fraction of sp³-hybridized carbons (Fsp3) is 0.412. The van der Waals surface area contributed by atoms with Gasteiger partial charge in [-0.1, -0.05) is 30.3 Å². The zero-order valence-corrected chi connectivity index (χ0v) is 11.7. The molecular weight excluding hydrogens is 246 g/mol. The molecule has 0 saturated carbocycles. The van der Waals surface area contributed by atoms with Crippen LogP contribution in [0, 0.1) is 11.3 Å². The van der Waals surface area contributed by atoms with Gasteiger partial charge in [0.2, 0.25) is 0 Å². The van der Waals surface area contributed by atoms with Gasteiger partial charge in [0.1, 0.15) is 5.82 Å². The van der Waals surface area contributed by atoms with Crippen LogP contribution < -0.4 is 0 Å². The van der Waals surface area contributed by atoms with Crippen molar-refractivity contribution < 1.29 is 0 Å². The molecule has 0 atom stereocenters. The number of hydrogen-bond donors (Lipinski definition) is 0. The molecule has 0 bridgehead atoms. The molecule has 0 amide bonds. The summed E-state index contributed by atoms with van der Waals surface area (Å²) in [6.45, 7) is 1.08. The summed E-state index contributed by atoms with van der Waals surface area (Å²) in [5, 5.41) is 8.79. The normalized spacial score (nSPS) is 13.8. The van der Waals surface area contributed by atoms with Crippen molar-refractivity contribution >= 4 is 0 Å². The van der Waals surface area contributed by atoms with E-state index in [2.05, 4.69) is 34.9 Å². The van der Waals surface area contributed by atoms with Gasteiger partial charge in [-0.2, -0.15) is 5.26 Å².